The molecule has 2 rings (SSSR count). The second-order valence-corrected chi connectivity index (χ2v) is 4.32. The SMILES string of the molecule is O=C(COC(=O)c1ccc([N+](=O)[O-])o1)Nc1ccc([N+](=O)[O-])cc1. The van der Waals surface area contributed by atoms with Crippen LogP contribution in [0.5, 0.6) is 0 Å². The average Bonchev–Trinajstić information content (AvgIpc) is 3.03. The molecule has 2 aromatic rings. The number of nitrogens with zero attached hydrogens (tertiary/aromatic N) is 2. The molecule has 0 unspecified atom stereocenters. The molecule has 11 heteroatoms. The summed E-state index contributed by atoms with van der Waals surface area (Å²) in [7, 11) is 0. The van der Waals surface area contributed by atoms with E-state index in [1.165, 1.54) is 24.3 Å². The summed E-state index contributed by atoms with van der Waals surface area (Å²) in [5, 5.41) is 23.3. The number of hydrogen-bond acceptors (Lipinski definition) is 8. The molecule has 0 spiro atoms. The number of nitrogens with one attached hydrogen (secondary N) is 1. The average molecular weight is 335 g/mol. The van der Waals surface area contributed by atoms with Gasteiger partial charge in [0.25, 0.3) is 11.6 Å². The fourth-order valence-corrected chi connectivity index (χ4v) is 1.60. The quantitative estimate of drug-likeness (QED) is 0.476. The maximum atomic E-state index is 11.6. The van der Waals surface area contributed by atoms with E-state index < -0.39 is 40.0 Å². The topological polar surface area (TPSA) is 155 Å². The van der Waals surface area contributed by atoms with Crippen molar-refractivity contribution in [3.63, 3.8) is 0 Å². The normalized spacial score (nSPS) is 10.0. The molecule has 124 valence electrons. The highest BCUT2D eigenvalue weighted by Crippen LogP contribution is 2.17. The molecule has 1 aromatic carbocycles. The van der Waals surface area contributed by atoms with Gasteiger partial charge in [0.15, 0.2) is 6.61 Å². The van der Waals surface area contributed by atoms with Crippen molar-refractivity contribution < 1.29 is 28.6 Å². The number of amides is 1. The van der Waals surface area contributed by atoms with Gasteiger partial charge in [0, 0.05) is 17.8 Å². The molecule has 0 bridgehead atoms. The lowest BCUT2D eigenvalue weighted by molar-refractivity contribution is -0.402. The number of carbonyl (C=O) groups is 2. The van der Waals surface area contributed by atoms with Gasteiger partial charge in [0.2, 0.25) is 5.76 Å². The molecule has 0 aliphatic carbocycles. The Balaban J connectivity index is 1.86. The zero-order valence-electron chi connectivity index (χ0n) is 11.8. The Labute approximate surface area is 133 Å². The summed E-state index contributed by atoms with van der Waals surface area (Å²) in [6.45, 7) is -0.662. The summed E-state index contributed by atoms with van der Waals surface area (Å²) >= 11 is 0. The van der Waals surface area contributed by atoms with Crippen LogP contribution in [0.4, 0.5) is 17.3 Å². The summed E-state index contributed by atoms with van der Waals surface area (Å²) in [4.78, 5) is 42.7. The third-order valence-electron chi connectivity index (χ3n) is 2.67. The Bertz CT molecular complexity index is 796. The number of hydrogen-bond donors (Lipinski definition) is 1. The molecule has 0 atom stereocenters. The molecule has 0 radical (unpaired) electrons. The van der Waals surface area contributed by atoms with Crippen LogP contribution in [0, 0.1) is 20.2 Å². The molecular weight excluding hydrogens is 326 g/mol. The molecule has 11 nitrogen and oxygen atoms in total. The molecule has 24 heavy (non-hydrogen) atoms. The highest BCUT2D eigenvalue weighted by molar-refractivity contribution is 5.94. The zero-order chi connectivity index (χ0) is 17.7. The van der Waals surface area contributed by atoms with Crippen LogP contribution in [-0.2, 0) is 9.53 Å². The number of anilines is 1. The van der Waals surface area contributed by atoms with Gasteiger partial charge in [-0.1, -0.05) is 0 Å². The van der Waals surface area contributed by atoms with Crippen LogP contribution >= 0.6 is 0 Å². The molecule has 0 saturated carbocycles. The van der Waals surface area contributed by atoms with Crippen LogP contribution in [-0.4, -0.2) is 28.3 Å². The fraction of sp³-hybridized carbons (Fsp3) is 0.0769. The number of rotatable bonds is 6. The van der Waals surface area contributed by atoms with Crippen LogP contribution in [0.1, 0.15) is 10.6 Å². The van der Waals surface area contributed by atoms with Crippen molar-refractivity contribution in [3.05, 3.63) is 62.4 Å². The van der Waals surface area contributed by atoms with Crippen molar-refractivity contribution in [2.24, 2.45) is 0 Å². The number of ether oxygens (including phenoxy) is 1. The van der Waals surface area contributed by atoms with Crippen LogP contribution < -0.4 is 5.32 Å². The Hall–Kier alpha value is -3.76. The van der Waals surface area contributed by atoms with Gasteiger partial charge in [-0.25, -0.2) is 4.79 Å². The van der Waals surface area contributed by atoms with Gasteiger partial charge in [-0.2, -0.15) is 0 Å². The Morgan fingerprint density at radius 1 is 1.04 bits per heavy atom. The maximum absolute atomic E-state index is 11.6. The van der Waals surface area contributed by atoms with Crippen molar-refractivity contribution in [3.8, 4) is 0 Å². The standard InChI is InChI=1S/C13H9N3O8/c17-11(14-8-1-3-9(4-2-8)15(19)20)7-23-13(18)10-5-6-12(24-10)16(21)22/h1-6H,7H2,(H,14,17). The van der Waals surface area contributed by atoms with Gasteiger partial charge in [-0.15, -0.1) is 0 Å². The van der Waals surface area contributed by atoms with Crippen molar-refractivity contribution in [1.82, 2.24) is 0 Å². The van der Waals surface area contributed by atoms with Gasteiger partial charge in [-0.3, -0.25) is 25.0 Å². The van der Waals surface area contributed by atoms with E-state index in [-0.39, 0.29) is 11.4 Å². The van der Waals surface area contributed by atoms with E-state index in [0.717, 1.165) is 12.1 Å². The smallest absolute Gasteiger partial charge is 0.433 e. The number of nitro benzene ring substituents is 1. The van der Waals surface area contributed by atoms with Crippen LogP contribution in [0.25, 0.3) is 0 Å². The first-order valence-electron chi connectivity index (χ1n) is 6.32. The van der Waals surface area contributed by atoms with Gasteiger partial charge in [0.05, 0.1) is 11.0 Å². The van der Waals surface area contributed by atoms with E-state index in [1.54, 1.807) is 0 Å². The predicted molar refractivity (Wildman–Crippen MR) is 77.4 cm³/mol. The van der Waals surface area contributed by atoms with Crippen LogP contribution in [0.3, 0.4) is 0 Å². The molecule has 1 N–H and O–H groups in total. The third kappa shape index (κ3) is 4.13. The minimum Gasteiger partial charge on any atom is -0.450 e. The summed E-state index contributed by atoms with van der Waals surface area (Å²) in [5.74, 6) is -2.78. The first kappa shape index (κ1) is 16.6. The lowest BCUT2D eigenvalue weighted by atomic mass is 10.3. The van der Waals surface area contributed by atoms with Gasteiger partial charge >= 0.3 is 11.9 Å². The van der Waals surface area contributed by atoms with E-state index in [2.05, 4.69) is 14.5 Å². The summed E-state index contributed by atoms with van der Waals surface area (Å²) in [5.41, 5.74) is 0.133. The number of carbonyl (C=O) groups excluding carboxylic acids is 2. The lowest BCUT2D eigenvalue weighted by Crippen LogP contribution is -2.20. The van der Waals surface area contributed by atoms with Crippen LogP contribution in [0.15, 0.2) is 40.8 Å². The first-order valence-corrected chi connectivity index (χ1v) is 6.32. The van der Waals surface area contributed by atoms with Gasteiger partial charge in [-0.05, 0) is 18.2 Å². The van der Waals surface area contributed by atoms with E-state index in [0.29, 0.717) is 0 Å². The van der Waals surface area contributed by atoms with Crippen molar-refractivity contribution in [2.75, 3.05) is 11.9 Å². The lowest BCUT2D eigenvalue weighted by Gasteiger charge is -2.05. The van der Waals surface area contributed by atoms with Gasteiger partial charge in [0.1, 0.15) is 4.92 Å². The van der Waals surface area contributed by atoms with E-state index >= 15 is 0 Å². The molecule has 0 aliphatic rings. The highest BCUT2D eigenvalue weighted by atomic mass is 16.7. The molecule has 0 saturated heterocycles. The maximum Gasteiger partial charge on any atom is 0.433 e. The molecule has 0 aliphatic heterocycles. The minimum atomic E-state index is -1.04. The Morgan fingerprint density at radius 2 is 1.71 bits per heavy atom. The first-order chi connectivity index (χ1) is 11.4. The summed E-state index contributed by atoms with van der Waals surface area (Å²) < 4.78 is 9.27. The van der Waals surface area contributed by atoms with Crippen LogP contribution in [0.2, 0.25) is 0 Å². The molecule has 1 heterocycles. The molecule has 1 aromatic heterocycles. The largest absolute Gasteiger partial charge is 0.450 e. The third-order valence-corrected chi connectivity index (χ3v) is 2.67. The second kappa shape index (κ2) is 7.00. The number of non-ortho nitro benzene ring substituents is 1. The number of benzene rings is 1. The monoisotopic (exact) mass is 335 g/mol. The zero-order valence-corrected chi connectivity index (χ0v) is 11.8. The fourth-order valence-electron chi connectivity index (χ4n) is 1.60. The predicted octanol–water partition coefficient (Wildman–Crippen LogP) is 1.89. The van der Waals surface area contributed by atoms with Gasteiger partial charge < -0.3 is 14.5 Å². The van der Waals surface area contributed by atoms with E-state index in [4.69, 9.17) is 0 Å². The highest BCUT2D eigenvalue weighted by Gasteiger charge is 2.19. The number of nitro groups is 2. The minimum absolute atomic E-state index is 0.140. The summed E-state index contributed by atoms with van der Waals surface area (Å²) in [6.07, 6.45) is 0. The van der Waals surface area contributed by atoms with Crippen molar-refractivity contribution >= 4 is 29.1 Å². The van der Waals surface area contributed by atoms with Crippen molar-refractivity contribution in [1.29, 1.82) is 0 Å². The summed E-state index contributed by atoms with van der Waals surface area (Å²) in [6, 6.07) is 7.05. The van der Waals surface area contributed by atoms with E-state index in [9.17, 15) is 29.8 Å². The molecule has 1 amide bonds. The van der Waals surface area contributed by atoms with E-state index in [1.807, 2.05) is 0 Å². The Kier molecular flexibility index (Phi) is 4.84. The second-order valence-electron chi connectivity index (χ2n) is 4.32. The number of esters is 1. The molecular formula is C13H9N3O8. The number of furan rings is 1. The molecule has 0 fully saturated rings. The van der Waals surface area contributed by atoms with Crippen molar-refractivity contribution in [2.45, 2.75) is 0 Å². The Morgan fingerprint density at radius 3 is 2.25 bits per heavy atom.